The molecule has 1 aliphatic rings. The first-order chi connectivity index (χ1) is 6.57. The minimum atomic E-state index is -3.79. The van der Waals surface area contributed by atoms with Gasteiger partial charge in [0.05, 0.1) is 0 Å². The summed E-state index contributed by atoms with van der Waals surface area (Å²) in [5.74, 6) is 0.955. The van der Waals surface area contributed by atoms with Gasteiger partial charge in [-0.2, -0.15) is 0 Å². The van der Waals surface area contributed by atoms with E-state index in [2.05, 4.69) is 15.2 Å². The molecule has 1 heterocycles. The van der Waals surface area contributed by atoms with Gasteiger partial charge in [0.2, 0.25) is 0 Å². The van der Waals surface area contributed by atoms with Gasteiger partial charge in [0.1, 0.15) is 5.82 Å². The largest absolute Gasteiger partial charge is 0.298 e. The first kappa shape index (κ1) is 9.92. The number of rotatable bonds is 2. The van der Waals surface area contributed by atoms with Crippen LogP contribution < -0.4 is 0 Å². The Labute approximate surface area is 86.3 Å². The predicted molar refractivity (Wildman–Crippen MR) is 50.6 cm³/mol. The third kappa shape index (κ3) is 1.90. The Morgan fingerprint density at radius 3 is 2.50 bits per heavy atom. The molecule has 0 saturated heterocycles. The zero-order valence-corrected chi connectivity index (χ0v) is 8.98. The highest BCUT2D eigenvalue weighted by Gasteiger charge is 2.23. The van der Waals surface area contributed by atoms with Gasteiger partial charge in [-0.3, -0.25) is 5.10 Å². The van der Waals surface area contributed by atoms with Crippen LogP contribution in [0.15, 0.2) is 5.16 Å². The van der Waals surface area contributed by atoms with Crippen LogP contribution >= 0.6 is 10.7 Å². The summed E-state index contributed by atoms with van der Waals surface area (Å²) in [5.41, 5.74) is 0. The van der Waals surface area contributed by atoms with Gasteiger partial charge in [-0.05, 0) is 12.8 Å². The van der Waals surface area contributed by atoms with Crippen LogP contribution in [0, 0.1) is 0 Å². The van der Waals surface area contributed by atoms with Crippen LogP contribution in [0.3, 0.4) is 0 Å². The average molecular weight is 236 g/mol. The van der Waals surface area contributed by atoms with Crippen LogP contribution in [0.2, 0.25) is 0 Å². The topological polar surface area (TPSA) is 75.7 Å². The number of aromatic nitrogens is 3. The van der Waals surface area contributed by atoms with Crippen molar-refractivity contribution in [1.29, 1.82) is 0 Å². The van der Waals surface area contributed by atoms with Crippen LogP contribution in [0.1, 0.15) is 37.4 Å². The summed E-state index contributed by atoms with van der Waals surface area (Å²) >= 11 is 0. The summed E-state index contributed by atoms with van der Waals surface area (Å²) in [5, 5.41) is 5.89. The Balaban J connectivity index is 2.25. The number of hydrogen-bond donors (Lipinski definition) is 1. The average Bonchev–Trinajstić information content (AvgIpc) is 2.73. The molecule has 1 fully saturated rings. The lowest BCUT2D eigenvalue weighted by Gasteiger charge is -2.01. The first-order valence-corrected chi connectivity index (χ1v) is 6.75. The van der Waals surface area contributed by atoms with Gasteiger partial charge in [-0.15, -0.1) is 5.10 Å². The molecule has 1 aromatic heterocycles. The molecule has 0 amide bonds. The minimum Gasteiger partial charge on any atom is -0.262 e. The van der Waals surface area contributed by atoms with Crippen molar-refractivity contribution in [3.63, 3.8) is 0 Å². The molecule has 2 rings (SSSR count). The van der Waals surface area contributed by atoms with Gasteiger partial charge >= 0.3 is 0 Å². The summed E-state index contributed by atoms with van der Waals surface area (Å²) in [6.45, 7) is 0. The van der Waals surface area contributed by atoms with Crippen molar-refractivity contribution in [1.82, 2.24) is 15.2 Å². The number of H-pyrrole nitrogens is 1. The van der Waals surface area contributed by atoms with Crippen molar-refractivity contribution in [3.05, 3.63) is 5.82 Å². The second-order valence-electron chi connectivity index (χ2n) is 3.42. The molecule has 0 spiro atoms. The molecule has 0 aromatic carbocycles. The highest BCUT2D eigenvalue weighted by Crippen LogP contribution is 2.32. The van der Waals surface area contributed by atoms with Gasteiger partial charge in [-0.1, -0.05) is 12.8 Å². The molecule has 5 nitrogen and oxygen atoms in total. The molecule has 1 saturated carbocycles. The lowest BCUT2D eigenvalue weighted by molar-refractivity contribution is 0.601. The van der Waals surface area contributed by atoms with E-state index in [0.717, 1.165) is 25.7 Å². The van der Waals surface area contributed by atoms with Gasteiger partial charge < -0.3 is 0 Å². The van der Waals surface area contributed by atoms with E-state index < -0.39 is 9.05 Å². The summed E-state index contributed by atoms with van der Waals surface area (Å²) in [6, 6.07) is 0. The number of nitrogens with zero attached hydrogens (tertiary/aromatic N) is 2. The maximum absolute atomic E-state index is 10.9. The standard InChI is InChI=1S/C7H10ClN3O2S/c8-14(12,13)7-9-6(10-11-7)5-3-1-2-4-5/h5H,1-4H2,(H,9,10,11). The molecular weight excluding hydrogens is 226 g/mol. The molecule has 0 atom stereocenters. The Hall–Kier alpha value is -0.620. The zero-order valence-electron chi connectivity index (χ0n) is 7.40. The SMILES string of the molecule is O=S(=O)(Cl)c1n[nH]c(C2CCCC2)n1. The number of hydrogen-bond acceptors (Lipinski definition) is 4. The third-order valence-electron chi connectivity index (χ3n) is 2.44. The Bertz CT molecular complexity index is 422. The van der Waals surface area contributed by atoms with Crippen molar-refractivity contribution in [2.75, 3.05) is 0 Å². The van der Waals surface area contributed by atoms with Gasteiger partial charge in [0.25, 0.3) is 14.2 Å². The molecule has 78 valence electrons. The number of nitrogens with one attached hydrogen (secondary N) is 1. The fraction of sp³-hybridized carbons (Fsp3) is 0.714. The van der Waals surface area contributed by atoms with E-state index in [1.165, 1.54) is 0 Å². The molecular formula is C7H10ClN3O2S. The molecule has 0 bridgehead atoms. The van der Waals surface area contributed by atoms with E-state index in [1.54, 1.807) is 0 Å². The van der Waals surface area contributed by atoms with Crippen molar-refractivity contribution < 1.29 is 8.42 Å². The van der Waals surface area contributed by atoms with E-state index >= 15 is 0 Å². The summed E-state index contributed by atoms with van der Waals surface area (Å²) in [7, 11) is 1.31. The molecule has 0 radical (unpaired) electrons. The second-order valence-corrected chi connectivity index (χ2v) is 5.88. The summed E-state index contributed by atoms with van der Waals surface area (Å²) < 4.78 is 21.8. The first-order valence-electron chi connectivity index (χ1n) is 4.44. The van der Waals surface area contributed by atoms with Gasteiger partial charge in [0, 0.05) is 16.6 Å². The number of aromatic amines is 1. The summed E-state index contributed by atoms with van der Waals surface area (Å²) in [6.07, 6.45) is 4.40. The van der Waals surface area contributed by atoms with E-state index in [0.29, 0.717) is 11.7 Å². The van der Waals surface area contributed by atoms with E-state index in [1.807, 2.05) is 0 Å². The molecule has 0 unspecified atom stereocenters. The monoisotopic (exact) mass is 235 g/mol. The van der Waals surface area contributed by atoms with Crippen LogP contribution in [0.25, 0.3) is 0 Å². The molecule has 1 aliphatic carbocycles. The highest BCUT2D eigenvalue weighted by molar-refractivity contribution is 8.13. The normalized spacial score (nSPS) is 18.9. The van der Waals surface area contributed by atoms with Crippen molar-refractivity contribution in [2.45, 2.75) is 36.8 Å². The molecule has 1 N–H and O–H groups in total. The smallest absolute Gasteiger partial charge is 0.262 e. The second kappa shape index (κ2) is 3.51. The number of halogens is 1. The Morgan fingerprint density at radius 2 is 2.00 bits per heavy atom. The zero-order chi connectivity index (χ0) is 10.2. The highest BCUT2D eigenvalue weighted by atomic mass is 35.7. The predicted octanol–water partition coefficient (Wildman–Crippen LogP) is 1.39. The van der Waals surface area contributed by atoms with Crippen molar-refractivity contribution >= 4 is 19.7 Å². The molecule has 0 aliphatic heterocycles. The quantitative estimate of drug-likeness (QED) is 0.786. The van der Waals surface area contributed by atoms with Crippen LogP contribution in [0.5, 0.6) is 0 Å². The fourth-order valence-electron chi connectivity index (χ4n) is 1.75. The van der Waals surface area contributed by atoms with Gasteiger partial charge in [-0.25, -0.2) is 13.4 Å². The minimum absolute atomic E-state index is 0.315. The molecule has 7 heteroatoms. The molecule has 14 heavy (non-hydrogen) atoms. The lowest BCUT2D eigenvalue weighted by Crippen LogP contribution is -1.96. The van der Waals surface area contributed by atoms with Crippen LogP contribution in [-0.4, -0.2) is 23.6 Å². The maximum Gasteiger partial charge on any atom is 0.298 e. The van der Waals surface area contributed by atoms with Crippen LogP contribution in [0.4, 0.5) is 0 Å². The maximum atomic E-state index is 10.9. The van der Waals surface area contributed by atoms with Crippen molar-refractivity contribution in [2.24, 2.45) is 0 Å². The van der Waals surface area contributed by atoms with E-state index in [4.69, 9.17) is 10.7 Å². The van der Waals surface area contributed by atoms with E-state index in [9.17, 15) is 8.42 Å². The lowest BCUT2D eigenvalue weighted by atomic mass is 10.1. The van der Waals surface area contributed by atoms with E-state index in [-0.39, 0.29) is 5.16 Å². The third-order valence-corrected chi connectivity index (χ3v) is 3.47. The van der Waals surface area contributed by atoms with Gasteiger partial charge in [0.15, 0.2) is 0 Å². The Morgan fingerprint density at radius 1 is 1.36 bits per heavy atom. The molecule has 1 aromatic rings. The fourth-order valence-corrected chi connectivity index (χ4v) is 2.32. The Kier molecular flexibility index (Phi) is 2.48. The van der Waals surface area contributed by atoms with Crippen LogP contribution in [-0.2, 0) is 9.05 Å². The van der Waals surface area contributed by atoms with Crippen molar-refractivity contribution in [3.8, 4) is 0 Å². The summed E-state index contributed by atoms with van der Waals surface area (Å²) in [4.78, 5) is 3.88.